The van der Waals surface area contributed by atoms with Crippen LogP contribution in [0.3, 0.4) is 0 Å². The summed E-state index contributed by atoms with van der Waals surface area (Å²) in [5.41, 5.74) is 2.75. The average Bonchev–Trinajstić information content (AvgIpc) is 2.03. The molecule has 0 aromatic carbocycles. The fraction of sp³-hybridized carbons (Fsp3) is 0.333. The van der Waals surface area contributed by atoms with Crippen molar-refractivity contribution in [1.82, 2.24) is 4.98 Å². The first-order valence-electron chi connectivity index (χ1n) is 3.96. The molecule has 1 amide bonds. The maximum absolute atomic E-state index is 10.9. The van der Waals surface area contributed by atoms with Crippen molar-refractivity contribution in [2.75, 3.05) is 0 Å². The van der Waals surface area contributed by atoms with Gasteiger partial charge in [0, 0.05) is 11.9 Å². The number of rotatable bonds is 0. The predicted octanol–water partition coefficient (Wildman–Crippen LogP) is -1.13. The number of amides is 1. The van der Waals surface area contributed by atoms with Gasteiger partial charge < -0.3 is 10.1 Å². The first kappa shape index (κ1) is 11.5. The van der Waals surface area contributed by atoms with Crippen molar-refractivity contribution in [3.05, 3.63) is 28.8 Å². The number of hydrogen-bond donors (Lipinski definition) is 0. The molecule has 2 heterocycles. The molecular formula is C9H9N2ORb. The summed E-state index contributed by atoms with van der Waals surface area (Å²) in [5.74, 6) is -0.0325. The van der Waals surface area contributed by atoms with E-state index in [0.717, 1.165) is 23.4 Å². The van der Waals surface area contributed by atoms with Crippen LogP contribution >= 0.6 is 0 Å². The Morgan fingerprint density at radius 1 is 1.46 bits per heavy atom. The van der Waals surface area contributed by atoms with Crippen LogP contribution in [0.5, 0.6) is 0 Å². The van der Waals surface area contributed by atoms with Gasteiger partial charge in [0.1, 0.15) is 0 Å². The van der Waals surface area contributed by atoms with Crippen LogP contribution in [0.2, 0.25) is 0 Å². The van der Waals surface area contributed by atoms with E-state index >= 15 is 0 Å². The van der Waals surface area contributed by atoms with E-state index in [2.05, 4.69) is 10.3 Å². The van der Waals surface area contributed by atoms with Crippen LogP contribution in [-0.2, 0) is 11.2 Å². The van der Waals surface area contributed by atoms with Crippen molar-refractivity contribution < 1.29 is 63.0 Å². The molecule has 0 saturated heterocycles. The Bertz CT molecular complexity index is 338. The molecule has 0 aliphatic carbocycles. The van der Waals surface area contributed by atoms with Crippen molar-refractivity contribution in [3.8, 4) is 0 Å². The van der Waals surface area contributed by atoms with Crippen molar-refractivity contribution in [1.29, 1.82) is 0 Å². The van der Waals surface area contributed by atoms with Gasteiger partial charge in [-0.2, -0.15) is 0 Å². The summed E-state index contributed by atoms with van der Waals surface area (Å²) >= 11 is 0. The van der Waals surface area contributed by atoms with Gasteiger partial charge in [-0.3, -0.25) is 4.98 Å². The van der Waals surface area contributed by atoms with Gasteiger partial charge in [0.15, 0.2) is 0 Å². The van der Waals surface area contributed by atoms with Crippen LogP contribution in [-0.4, -0.2) is 10.9 Å². The molecule has 2 rings (SSSR count). The minimum absolute atomic E-state index is 0. The van der Waals surface area contributed by atoms with E-state index in [1.54, 1.807) is 0 Å². The van der Waals surface area contributed by atoms with Crippen LogP contribution in [0.15, 0.2) is 12.3 Å². The number of aryl methyl sites for hydroxylation is 2. The first-order chi connectivity index (χ1) is 5.75. The maximum atomic E-state index is 10.9. The zero-order valence-electron chi connectivity index (χ0n) is 7.87. The molecule has 0 bridgehead atoms. The summed E-state index contributed by atoms with van der Waals surface area (Å²) in [6.45, 7) is 1.95. The largest absolute Gasteiger partial charge is 1.00 e. The van der Waals surface area contributed by atoms with Gasteiger partial charge in [-0.1, -0.05) is 6.07 Å². The second-order valence-corrected chi connectivity index (χ2v) is 2.98. The number of nitrogens with zero attached hydrogens (tertiary/aromatic N) is 2. The number of hydrogen-bond acceptors (Lipinski definition) is 2. The van der Waals surface area contributed by atoms with Gasteiger partial charge in [-0.25, -0.2) is 0 Å². The second-order valence-electron chi connectivity index (χ2n) is 2.98. The van der Waals surface area contributed by atoms with Gasteiger partial charge in [0.05, 0.1) is 5.91 Å². The number of pyridine rings is 1. The summed E-state index contributed by atoms with van der Waals surface area (Å²) in [6, 6.07) is 1.90. The van der Waals surface area contributed by atoms with Crippen LogP contribution in [0, 0.1) is 6.92 Å². The fourth-order valence-electron chi connectivity index (χ4n) is 1.29. The monoisotopic (exact) mass is 246 g/mol. The van der Waals surface area contributed by atoms with E-state index in [1.807, 2.05) is 19.2 Å². The van der Waals surface area contributed by atoms with E-state index in [1.165, 1.54) is 0 Å². The molecule has 13 heavy (non-hydrogen) atoms. The molecular weight excluding hydrogens is 238 g/mol. The van der Waals surface area contributed by atoms with Crippen molar-refractivity contribution in [2.24, 2.45) is 0 Å². The molecule has 3 nitrogen and oxygen atoms in total. The molecule has 0 radical (unpaired) electrons. The molecule has 0 saturated carbocycles. The predicted molar refractivity (Wildman–Crippen MR) is 45.3 cm³/mol. The van der Waals surface area contributed by atoms with Gasteiger partial charge in [-0.05, 0) is 25.3 Å². The third-order valence-corrected chi connectivity index (χ3v) is 1.90. The SMILES string of the molecule is Cc1cnc2c(c1)[N-]C(=O)CC2.[Rb+]. The quantitative estimate of drug-likeness (QED) is 0.582. The molecule has 0 atom stereocenters. The Balaban J connectivity index is 0.000000845. The van der Waals surface area contributed by atoms with Crippen LogP contribution in [0.4, 0.5) is 5.69 Å². The Kier molecular flexibility index (Phi) is 4.23. The zero-order chi connectivity index (χ0) is 8.55. The molecule has 1 aromatic rings. The van der Waals surface area contributed by atoms with E-state index in [-0.39, 0.29) is 64.1 Å². The average molecular weight is 247 g/mol. The first-order valence-corrected chi connectivity index (χ1v) is 3.96. The molecule has 0 unspecified atom stereocenters. The summed E-state index contributed by atoms with van der Waals surface area (Å²) < 4.78 is 0. The Morgan fingerprint density at radius 2 is 2.23 bits per heavy atom. The van der Waals surface area contributed by atoms with Crippen LogP contribution in [0.25, 0.3) is 5.32 Å². The Morgan fingerprint density at radius 3 is 3.00 bits per heavy atom. The summed E-state index contributed by atoms with van der Waals surface area (Å²) in [4.78, 5) is 15.1. The minimum Gasteiger partial charge on any atom is -0.625 e. The summed E-state index contributed by atoms with van der Waals surface area (Å²) in [7, 11) is 0. The fourth-order valence-corrected chi connectivity index (χ4v) is 1.29. The van der Waals surface area contributed by atoms with Gasteiger partial charge >= 0.3 is 58.2 Å². The van der Waals surface area contributed by atoms with E-state index in [4.69, 9.17) is 0 Å². The van der Waals surface area contributed by atoms with Crippen LogP contribution < -0.4 is 58.2 Å². The number of aromatic nitrogens is 1. The molecule has 1 aliphatic heterocycles. The molecule has 62 valence electrons. The Hall–Kier alpha value is 0.425. The molecule has 1 aliphatic rings. The maximum Gasteiger partial charge on any atom is 1.00 e. The molecule has 1 aromatic heterocycles. The van der Waals surface area contributed by atoms with Crippen molar-refractivity contribution >= 4 is 11.6 Å². The smallest absolute Gasteiger partial charge is 0.625 e. The van der Waals surface area contributed by atoms with Gasteiger partial charge in [-0.15, -0.1) is 5.69 Å². The summed E-state index contributed by atoms with van der Waals surface area (Å²) in [6.07, 6.45) is 3.05. The zero-order valence-corrected chi connectivity index (χ0v) is 12.8. The van der Waals surface area contributed by atoms with E-state index in [0.29, 0.717) is 6.42 Å². The van der Waals surface area contributed by atoms with Crippen LogP contribution in [0.1, 0.15) is 17.7 Å². The van der Waals surface area contributed by atoms with Crippen molar-refractivity contribution in [2.45, 2.75) is 19.8 Å². The molecule has 0 N–H and O–H groups in total. The van der Waals surface area contributed by atoms with Crippen molar-refractivity contribution in [3.63, 3.8) is 0 Å². The van der Waals surface area contributed by atoms with Gasteiger partial charge in [0.25, 0.3) is 0 Å². The minimum atomic E-state index is -0.0325. The molecule has 4 heteroatoms. The third kappa shape index (κ3) is 2.69. The second kappa shape index (κ2) is 4.78. The van der Waals surface area contributed by atoms with Gasteiger partial charge in [0.2, 0.25) is 0 Å². The summed E-state index contributed by atoms with van der Waals surface area (Å²) in [5, 5.41) is 3.91. The van der Waals surface area contributed by atoms with E-state index in [9.17, 15) is 4.79 Å². The molecule has 0 spiro atoms. The van der Waals surface area contributed by atoms with E-state index < -0.39 is 0 Å². The topological polar surface area (TPSA) is 44.1 Å². The standard InChI is InChI=1S/C9H10N2O.Rb/c1-6-4-8-7(10-5-6)2-3-9(12)11-8;/h4-5H,2-3H2,1H3,(H,11,12);/q;+1/p-1. The number of carbonyl (C=O) groups excluding carboxylic acids is 1. The Labute approximate surface area is 126 Å². The number of carbonyl (C=O) groups is 1. The third-order valence-electron chi connectivity index (χ3n) is 1.90. The normalized spacial score (nSPS) is 14.1. The molecule has 0 fully saturated rings. The number of fused-ring (bicyclic) bond motifs is 1.